The first-order chi connectivity index (χ1) is 15.4. The largest absolute Gasteiger partial charge is 0.477 e. The monoisotopic (exact) mass is 476 g/mol. The van der Waals surface area contributed by atoms with Crippen molar-refractivity contribution in [1.82, 2.24) is 4.90 Å². The maximum atomic E-state index is 13.8. The van der Waals surface area contributed by atoms with E-state index in [2.05, 4.69) is 18.8 Å². The van der Waals surface area contributed by atoms with Crippen LogP contribution in [-0.4, -0.2) is 61.6 Å². The quantitative estimate of drug-likeness (QED) is 0.599. The maximum absolute atomic E-state index is 13.8. The number of carbonyl (C=O) groups excluding carboxylic acids is 2. The number of methoxy groups -OCH3 is 1. The van der Waals surface area contributed by atoms with Gasteiger partial charge in [-0.1, -0.05) is 18.8 Å². The molecule has 0 saturated heterocycles. The summed E-state index contributed by atoms with van der Waals surface area (Å²) in [6, 6.07) is 0.662. The third-order valence-corrected chi connectivity index (χ3v) is 6.72. The SMILES string of the molecule is COCC(C(=O)N(C)C)N(C(=O)C1CCC(C)CC1)c1cc(C#CC(C)(C)C)sc1C(=O)O. The lowest BCUT2D eigenvalue weighted by Crippen LogP contribution is -2.54. The molecule has 182 valence electrons. The van der Waals surface area contributed by atoms with Crippen molar-refractivity contribution < 1.29 is 24.2 Å². The molecule has 1 aromatic heterocycles. The van der Waals surface area contributed by atoms with E-state index in [9.17, 15) is 19.5 Å². The van der Waals surface area contributed by atoms with E-state index in [4.69, 9.17) is 4.74 Å². The van der Waals surface area contributed by atoms with Crippen molar-refractivity contribution >= 4 is 34.8 Å². The maximum Gasteiger partial charge on any atom is 0.348 e. The van der Waals surface area contributed by atoms with Gasteiger partial charge in [-0.05, 0) is 58.4 Å². The Morgan fingerprint density at radius 1 is 1.21 bits per heavy atom. The number of hydrogen-bond acceptors (Lipinski definition) is 5. The number of carboxylic acid groups (broad SMARTS) is 1. The average molecular weight is 477 g/mol. The number of anilines is 1. The van der Waals surface area contributed by atoms with Gasteiger partial charge in [0.1, 0.15) is 10.9 Å². The standard InChI is InChI=1S/C25H36N2O5S/c1-16-8-10-17(11-9-16)22(28)27(20(15-32-7)23(29)26(5)6)19-14-18(12-13-25(2,3)4)33-21(19)24(30)31/h14,16-17,20H,8-11,15H2,1-7H3,(H,30,31). The number of aromatic carboxylic acids is 1. The predicted molar refractivity (Wildman–Crippen MR) is 131 cm³/mol. The number of likely N-dealkylation sites (N-methyl/N-ethyl adjacent to an activating group) is 1. The molecule has 1 heterocycles. The molecule has 1 saturated carbocycles. The second kappa shape index (κ2) is 11.2. The first kappa shape index (κ1) is 26.9. The zero-order valence-electron chi connectivity index (χ0n) is 20.7. The van der Waals surface area contributed by atoms with E-state index in [0.29, 0.717) is 10.8 Å². The molecular formula is C25H36N2O5S. The zero-order valence-corrected chi connectivity index (χ0v) is 21.5. The Labute approximate surface area is 201 Å². The lowest BCUT2D eigenvalue weighted by atomic mass is 9.82. The topological polar surface area (TPSA) is 87.2 Å². The van der Waals surface area contributed by atoms with Gasteiger partial charge in [-0.2, -0.15) is 0 Å². The minimum absolute atomic E-state index is 0.00149. The van der Waals surface area contributed by atoms with Gasteiger partial charge < -0.3 is 14.7 Å². The van der Waals surface area contributed by atoms with Crippen LogP contribution in [0.3, 0.4) is 0 Å². The van der Waals surface area contributed by atoms with Crippen molar-refractivity contribution in [2.24, 2.45) is 17.3 Å². The molecule has 1 fully saturated rings. The molecule has 0 bridgehead atoms. The van der Waals surface area contributed by atoms with E-state index in [1.807, 2.05) is 20.8 Å². The third kappa shape index (κ3) is 7.05. The molecule has 1 atom stereocenters. The Morgan fingerprint density at radius 3 is 2.30 bits per heavy atom. The van der Waals surface area contributed by atoms with Crippen LogP contribution in [0, 0.1) is 29.1 Å². The van der Waals surface area contributed by atoms with E-state index in [1.54, 1.807) is 20.2 Å². The van der Waals surface area contributed by atoms with Crippen molar-refractivity contribution in [2.75, 3.05) is 32.7 Å². The van der Waals surface area contributed by atoms with E-state index in [1.165, 1.54) is 16.9 Å². The number of carbonyl (C=O) groups is 3. The fourth-order valence-electron chi connectivity index (χ4n) is 3.88. The molecule has 2 amide bonds. The normalized spacial score (nSPS) is 19.2. The van der Waals surface area contributed by atoms with E-state index in [0.717, 1.165) is 37.0 Å². The molecule has 1 N–H and O–H groups in total. The lowest BCUT2D eigenvalue weighted by molar-refractivity contribution is -0.134. The van der Waals surface area contributed by atoms with Crippen LogP contribution in [-0.2, 0) is 14.3 Å². The van der Waals surface area contributed by atoms with Gasteiger partial charge in [0.25, 0.3) is 0 Å². The highest BCUT2D eigenvalue weighted by Gasteiger charge is 2.39. The fourth-order valence-corrected chi connectivity index (χ4v) is 4.72. The van der Waals surface area contributed by atoms with Crippen LogP contribution in [0.4, 0.5) is 5.69 Å². The highest BCUT2D eigenvalue weighted by Crippen LogP contribution is 2.36. The summed E-state index contributed by atoms with van der Waals surface area (Å²) in [5, 5.41) is 9.94. The van der Waals surface area contributed by atoms with Crippen LogP contribution >= 0.6 is 11.3 Å². The van der Waals surface area contributed by atoms with E-state index in [-0.39, 0.29) is 40.3 Å². The number of hydrogen-bond donors (Lipinski definition) is 1. The first-order valence-electron chi connectivity index (χ1n) is 11.3. The van der Waals surface area contributed by atoms with Crippen molar-refractivity contribution in [1.29, 1.82) is 0 Å². The third-order valence-electron chi connectivity index (χ3n) is 5.69. The molecular weight excluding hydrogens is 440 g/mol. The summed E-state index contributed by atoms with van der Waals surface area (Å²) < 4.78 is 5.32. The summed E-state index contributed by atoms with van der Waals surface area (Å²) in [5.74, 6) is 4.75. The Bertz CT molecular complexity index is 927. The number of amides is 2. The van der Waals surface area contributed by atoms with Crippen LogP contribution in [0.5, 0.6) is 0 Å². The summed E-state index contributed by atoms with van der Waals surface area (Å²) >= 11 is 1.02. The molecule has 33 heavy (non-hydrogen) atoms. The number of nitrogens with zero attached hydrogens (tertiary/aromatic N) is 2. The average Bonchev–Trinajstić information content (AvgIpc) is 3.15. The second-order valence-electron chi connectivity index (χ2n) is 10.00. The molecule has 1 aromatic rings. The number of carboxylic acids is 1. The number of ether oxygens (including phenoxy) is 1. The molecule has 7 nitrogen and oxygen atoms in total. The van der Waals surface area contributed by atoms with Gasteiger partial charge in [0.15, 0.2) is 0 Å². The van der Waals surface area contributed by atoms with Crippen LogP contribution in [0.25, 0.3) is 0 Å². The van der Waals surface area contributed by atoms with Gasteiger partial charge in [-0.3, -0.25) is 14.5 Å². The summed E-state index contributed by atoms with van der Waals surface area (Å²) in [7, 11) is 4.69. The molecule has 1 aliphatic rings. The van der Waals surface area contributed by atoms with E-state index >= 15 is 0 Å². The molecule has 0 spiro atoms. The van der Waals surface area contributed by atoms with Gasteiger partial charge in [0, 0.05) is 32.5 Å². The molecule has 1 unspecified atom stereocenters. The van der Waals surface area contributed by atoms with Crippen LogP contribution in [0.15, 0.2) is 6.07 Å². The number of rotatable bonds is 7. The van der Waals surface area contributed by atoms with Gasteiger partial charge in [0.05, 0.1) is 17.2 Å². The van der Waals surface area contributed by atoms with Gasteiger partial charge in [-0.15, -0.1) is 11.3 Å². The molecule has 2 rings (SSSR count). The van der Waals surface area contributed by atoms with Crippen LogP contribution in [0.1, 0.15) is 67.9 Å². The summed E-state index contributed by atoms with van der Waals surface area (Å²) in [6.45, 7) is 8.04. The molecule has 0 radical (unpaired) electrons. The van der Waals surface area contributed by atoms with Gasteiger partial charge >= 0.3 is 5.97 Å². The predicted octanol–water partition coefficient (Wildman–Crippen LogP) is 4.11. The summed E-state index contributed by atoms with van der Waals surface area (Å²) in [4.78, 5) is 42.4. The van der Waals surface area contributed by atoms with Crippen molar-refractivity contribution in [2.45, 2.75) is 59.4 Å². The highest BCUT2D eigenvalue weighted by atomic mass is 32.1. The number of thiophene rings is 1. The Morgan fingerprint density at radius 2 is 1.82 bits per heavy atom. The van der Waals surface area contributed by atoms with Crippen molar-refractivity contribution in [3.63, 3.8) is 0 Å². The Hall–Kier alpha value is -2.37. The van der Waals surface area contributed by atoms with Crippen LogP contribution < -0.4 is 4.90 Å². The van der Waals surface area contributed by atoms with Crippen molar-refractivity contribution in [3.8, 4) is 11.8 Å². The molecule has 1 aliphatic carbocycles. The smallest absolute Gasteiger partial charge is 0.348 e. The summed E-state index contributed by atoms with van der Waals surface area (Å²) in [6.07, 6.45) is 3.29. The first-order valence-corrected chi connectivity index (χ1v) is 12.1. The van der Waals surface area contributed by atoms with Crippen LogP contribution in [0.2, 0.25) is 0 Å². The lowest BCUT2D eigenvalue weighted by Gasteiger charge is -2.36. The zero-order chi connectivity index (χ0) is 24.9. The van der Waals surface area contributed by atoms with Gasteiger partial charge in [-0.25, -0.2) is 4.79 Å². The van der Waals surface area contributed by atoms with Crippen molar-refractivity contribution in [3.05, 3.63) is 15.8 Å². The highest BCUT2D eigenvalue weighted by molar-refractivity contribution is 7.15. The Kier molecular flexibility index (Phi) is 9.10. The Balaban J connectivity index is 2.64. The minimum Gasteiger partial charge on any atom is -0.477 e. The molecule has 8 heteroatoms. The minimum atomic E-state index is -1.15. The second-order valence-corrected chi connectivity index (χ2v) is 11.1. The fraction of sp³-hybridized carbons (Fsp3) is 0.640. The molecule has 0 aliphatic heterocycles. The summed E-state index contributed by atoms with van der Waals surface area (Å²) in [5.41, 5.74) is -0.0482. The molecule has 0 aromatic carbocycles. The van der Waals surface area contributed by atoms with Gasteiger partial charge in [0.2, 0.25) is 11.8 Å². The van der Waals surface area contributed by atoms with E-state index < -0.39 is 12.0 Å².